The van der Waals surface area contributed by atoms with Gasteiger partial charge in [-0.1, -0.05) is 18.2 Å². The number of aromatic nitrogens is 3. The summed E-state index contributed by atoms with van der Waals surface area (Å²) in [5.41, 5.74) is 1.28. The Labute approximate surface area is 141 Å². The molecule has 2 N–H and O–H groups in total. The third-order valence-corrected chi connectivity index (χ3v) is 3.77. The molecule has 7 nitrogen and oxygen atoms in total. The van der Waals surface area contributed by atoms with E-state index in [0.717, 1.165) is 5.56 Å². The first-order valence-corrected chi connectivity index (χ1v) is 7.50. The van der Waals surface area contributed by atoms with Crippen molar-refractivity contribution in [1.29, 1.82) is 0 Å². The summed E-state index contributed by atoms with van der Waals surface area (Å²) in [6.07, 6.45) is 2.97. The van der Waals surface area contributed by atoms with E-state index < -0.39 is 5.91 Å². The van der Waals surface area contributed by atoms with Crippen molar-refractivity contribution in [3.05, 3.63) is 77.2 Å². The number of carbonyl (C=O) groups is 1. The predicted molar refractivity (Wildman–Crippen MR) is 92.3 cm³/mol. The van der Waals surface area contributed by atoms with Crippen LogP contribution in [0.4, 0.5) is 5.69 Å². The van der Waals surface area contributed by atoms with Crippen LogP contribution in [-0.4, -0.2) is 21.1 Å². The number of amides is 1. The Hall–Kier alpha value is -3.74. The highest BCUT2D eigenvalue weighted by Gasteiger charge is 2.14. The quantitative estimate of drug-likeness (QED) is 0.601. The number of fused-ring (bicyclic) bond motifs is 1. The molecule has 4 aromatic rings. The molecule has 0 spiro atoms. The summed E-state index contributed by atoms with van der Waals surface area (Å²) in [6, 6.07) is 14.0. The van der Waals surface area contributed by atoms with Gasteiger partial charge < -0.3 is 9.73 Å². The Morgan fingerprint density at radius 1 is 1.04 bits per heavy atom. The summed E-state index contributed by atoms with van der Waals surface area (Å²) >= 11 is 0. The zero-order valence-corrected chi connectivity index (χ0v) is 12.9. The molecule has 2 aromatic heterocycles. The third kappa shape index (κ3) is 2.78. The number of anilines is 1. The fraction of sp³-hybridized carbons (Fsp3) is 0. The van der Waals surface area contributed by atoms with Crippen LogP contribution in [-0.2, 0) is 0 Å². The standard InChI is InChI=1S/C18H12N4O3/c23-17-14-4-2-1-3-13(14)16(21-22-17)18(24)20-12-7-5-11(6-8-12)15-9-19-10-25-15/h1-10H,(H,20,24)(H,22,23). The molecule has 0 saturated heterocycles. The van der Waals surface area contributed by atoms with Crippen LogP contribution in [0.1, 0.15) is 10.5 Å². The van der Waals surface area contributed by atoms with Gasteiger partial charge in [0.2, 0.25) is 0 Å². The van der Waals surface area contributed by atoms with E-state index in [-0.39, 0.29) is 11.3 Å². The number of benzene rings is 2. The molecule has 0 aliphatic carbocycles. The van der Waals surface area contributed by atoms with E-state index in [1.807, 2.05) is 12.1 Å². The molecule has 0 unspecified atom stereocenters. The number of nitrogens with zero attached hydrogens (tertiary/aromatic N) is 2. The molecule has 1 amide bonds. The number of aromatic amines is 1. The second kappa shape index (κ2) is 6.04. The topological polar surface area (TPSA) is 101 Å². The molecular formula is C18H12N4O3. The Kier molecular flexibility index (Phi) is 3.59. The maximum Gasteiger partial charge on any atom is 0.276 e. The first-order valence-electron chi connectivity index (χ1n) is 7.50. The number of hydrogen-bond acceptors (Lipinski definition) is 5. The summed E-state index contributed by atoms with van der Waals surface area (Å²) in [4.78, 5) is 28.2. The molecule has 0 fully saturated rings. The number of carbonyl (C=O) groups excluding carboxylic acids is 1. The molecule has 0 saturated carbocycles. The van der Waals surface area contributed by atoms with Crippen molar-refractivity contribution in [2.45, 2.75) is 0 Å². The second-order valence-electron chi connectivity index (χ2n) is 5.34. The highest BCUT2D eigenvalue weighted by atomic mass is 16.3. The van der Waals surface area contributed by atoms with Gasteiger partial charge in [0.25, 0.3) is 11.5 Å². The van der Waals surface area contributed by atoms with Crippen LogP contribution in [0.2, 0.25) is 0 Å². The van der Waals surface area contributed by atoms with Crippen LogP contribution in [0.5, 0.6) is 0 Å². The SMILES string of the molecule is O=C(Nc1ccc(-c2cnco2)cc1)c1n[nH]c(=O)c2ccccc12. The average Bonchev–Trinajstić information content (AvgIpc) is 3.17. The van der Waals surface area contributed by atoms with E-state index >= 15 is 0 Å². The minimum Gasteiger partial charge on any atom is -0.444 e. The van der Waals surface area contributed by atoms with Crippen LogP contribution in [0.15, 0.2) is 70.3 Å². The Bertz CT molecular complexity index is 1100. The smallest absolute Gasteiger partial charge is 0.276 e. The molecule has 2 aromatic carbocycles. The lowest BCUT2D eigenvalue weighted by atomic mass is 10.1. The van der Waals surface area contributed by atoms with Gasteiger partial charge in [-0.3, -0.25) is 9.59 Å². The van der Waals surface area contributed by atoms with Crippen molar-refractivity contribution in [2.24, 2.45) is 0 Å². The average molecular weight is 332 g/mol. The molecule has 0 aliphatic heterocycles. The fourth-order valence-electron chi connectivity index (χ4n) is 2.55. The monoisotopic (exact) mass is 332 g/mol. The minimum atomic E-state index is -0.403. The first kappa shape index (κ1) is 14.8. The maximum absolute atomic E-state index is 12.5. The predicted octanol–water partition coefficient (Wildman–Crippen LogP) is 2.83. The Morgan fingerprint density at radius 3 is 2.52 bits per heavy atom. The molecule has 25 heavy (non-hydrogen) atoms. The molecule has 0 aliphatic rings. The van der Waals surface area contributed by atoms with Gasteiger partial charge in [0, 0.05) is 16.6 Å². The van der Waals surface area contributed by atoms with Gasteiger partial charge in [0.1, 0.15) is 0 Å². The Morgan fingerprint density at radius 2 is 1.80 bits per heavy atom. The van der Waals surface area contributed by atoms with Crippen molar-refractivity contribution in [3.63, 3.8) is 0 Å². The molecule has 122 valence electrons. The van der Waals surface area contributed by atoms with Gasteiger partial charge in [-0.15, -0.1) is 0 Å². The molecule has 0 bridgehead atoms. The number of H-pyrrole nitrogens is 1. The molecule has 0 atom stereocenters. The maximum atomic E-state index is 12.5. The fourth-order valence-corrected chi connectivity index (χ4v) is 2.55. The highest BCUT2D eigenvalue weighted by Crippen LogP contribution is 2.21. The second-order valence-corrected chi connectivity index (χ2v) is 5.34. The van der Waals surface area contributed by atoms with E-state index in [2.05, 4.69) is 20.5 Å². The number of rotatable bonds is 3. The van der Waals surface area contributed by atoms with E-state index in [1.165, 1.54) is 6.39 Å². The normalized spacial score (nSPS) is 10.7. The summed E-state index contributed by atoms with van der Waals surface area (Å²) < 4.78 is 5.23. The summed E-state index contributed by atoms with van der Waals surface area (Å²) in [5.74, 6) is 0.242. The van der Waals surface area contributed by atoms with E-state index in [1.54, 1.807) is 42.6 Å². The van der Waals surface area contributed by atoms with Crippen molar-refractivity contribution in [1.82, 2.24) is 15.2 Å². The number of nitrogens with one attached hydrogen (secondary N) is 2. The lowest BCUT2D eigenvalue weighted by Gasteiger charge is -2.07. The lowest BCUT2D eigenvalue weighted by Crippen LogP contribution is -2.19. The molecular weight excluding hydrogens is 320 g/mol. The van der Waals surface area contributed by atoms with Crippen molar-refractivity contribution in [2.75, 3.05) is 5.32 Å². The Balaban J connectivity index is 1.62. The molecule has 0 radical (unpaired) electrons. The van der Waals surface area contributed by atoms with Gasteiger partial charge >= 0.3 is 0 Å². The lowest BCUT2D eigenvalue weighted by molar-refractivity contribution is 0.102. The van der Waals surface area contributed by atoms with Gasteiger partial charge in [-0.25, -0.2) is 10.1 Å². The van der Waals surface area contributed by atoms with Crippen molar-refractivity contribution >= 4 is 22.4 Å². The zero-order chi connectivity index (χ0) is 17.2. The van der Waals surface area contributed by atoms with Crippen molar-refractivity contribution < 1.29 is 9.21 Å². The molecule has 4 rings (SSSR count). The van der Waals surface area contributed by atoms with Crippen LogP contribution >= 0.6 is 0 Å². The van der Waals surface area contributed by atoms with Crippen LogP contribution in [0.3, 0.4) is 0 Å². The van der Waals surface area contributed by atoms with Crippen LogP contribution in [0, 0.1) is 0 Å². The summed E-state index contributed by atoms with van der Waals surface area (Å²) in [6.45, 7) is 0. The van der Waals surface area contributed by atoms with Crippen LogP contribution in [0.25, 0.3) is 22.1 Å². The largest absolute Gasteiger partial charge is 0.444 e. The van der Waals surface area contributed by atoms with Gasteiger partial charge in [0.15, 0.2) is 17.8 Å². The van der Waals surface area contributed by atoms with E-state index in [0.29, 0.717) is 22.2 Å². The third-order valence-electron chi connectivity index (χ3n) is 3.77. The summed E-state index contributed by atoms with van der Waals surface area (Å²) in [7, 11) is 0. The van der Waals surface area contributed by atoms with Gasteiger partial charge in [-0.2, -0.15) is 5.10 Å². The van der Waals surface area contributed by atoms with Crippen molar-refractivity contribution in [3.8, 4) is 11.3 Å². The first-order chi connectivity index (χ1) is 12.2. The number of hydrogen-bond donors (Lipinski definition) is 2. The van der Waals surface area contributed by atoms with E-state index in [4.69, 9.17) is 4.42 Å². The van der Waals surface area contributed by atoms with Gasteiger partial charge in [0.05, 0.1) is 11.6 Å². The molecule has 2 heterocycles. The van der Waals surface area contributed by atoms with E-state index in [9.17, 15) is 9.59 Å². The zero-order valence-electron chi connectivity index (χ0n) is 12.9. The molecule has 7 heteroatoms. The van der Waals surface area contributed by atoms with Gasteiger partial charge in [-0.05, 0) is 30.3 Å². The minimum absolute atomic E-state index is 0.162. The highest BCUT2D eigenvalue weighted by molar-refractivity contribution is 6.11. The van der Waals surface area contributed by atoms with Crippen LogP contribution < -0.4 is 10.9 Å². The summed E-state index contributed by atoms with van der Waals surface area (Å²) in [5, 5.41) is 9.93. The number of oxazole rings is 1.